The van der Waals surface area contributed by atoms with Crippen LogP contribution < -0.4 is 5.73 Å². The predicted molar refractivity (Wildman–Crippen MR) is 67.3 cm³/mol. The second-order valence-electron chi connectivity index (χ2n) is 3.76. The minimum absolute atomic E-state index is 0.473. The molecule has 1 aromatic carbocycles. The Morgan fingerprint density at radius 1 is 1.25 bits per heavy atom. The standard InChI is InChI=1S/C13H13ClN2/c1-9-3-2-4-11(5-9)12-6-10(8-15)7-13(14)16-12/h2-7H,8,15H2,1H3. The van der Waals surface area contributed by atoms with Gasteiger partial charge in [0.1, 0.15) is 5.15 Å². The van der Waals surface area contributed by atoms with Crippen LogP contribution in [0.15, 0.2) is 36.4 Å². The third-order valence-electron chi connectivity index (χ3n) is 2.40. The Morgan fingerprint density at radius 3 is 2.75 bits per heavy atom. The van der Waals surface area contributed by atoms with Crippen LogP contribution in [-0.4, -0.2) is 4.98 Å². The molecule has 2 N–H and O–H groups in total. The maximum atomic E-state index is 5.95. The van der Waals surface area contributed by atoms with E-state index in [1.165, 1.54) is 5.56 Å². The molecule has 0 aliphatic carbocycles. The summed E-state index contributed by atoms with van der Waals surface area (Å²) in [5.74, 6) is 0. The number of nitrogens with zero attached hydrogens (tertiary/aromatic N) is 1. The summed E-state index contributed by atoms with van der Waals surface area (Å²) < 4.78 is 0. The SMILES string of the molecule is Cc1cccc(-c2cc(CN)cc(Cl)n2)c1. The van der Waals surface area contributed by atoms with E-state index in [9.17, 15) is 0 Å². The number of rotatable bonds is 2. The Bertz CT molecular complexity index is 509. The molecule has 1 heterocycles. The Hall–Kier alpha value is -1.38. The molecule has 2 nitrogen and oxygen atoms in total. The zero-order valence-electron chi connectivity index (χ0n) is 9.07. The van der Waals surface area contributed by atoms with Crippen molar-refractivity contribution in [1.29, 1.82) is 0 Å². The second kappa shape index (κ2) is 4.64. The van der Waals surface area contributed by atoms with Crippen LogP contribution in [0.3, 0.4) is 0 Å². The molecule has 0 saturated carbocycles. The van der Waals surface area contributed by atoms with E-state index in [4.69, 9.17) is 17.3 Å². The number of halogens is 1. The number of nitrogens with two attached hydrogens (primary N) is 1. The van der Waals surface area contributed by atoms with Crippen molar-refractivity contribution in [3.05, 3.63) is 52.7 Å². The summed E-state index contributed by atoms with van der Waals surface area (Å²) in [4.78, 5) is 4.30. The first kappa shape index (κ1) is 11.1. The van der Waals surface area contributed by atoms with E-state index in [1.54, 1.807) is 6.07 Å². The number of aromatic nitrogens is 1. The van der Waals surface area contributed by atoms with Crippen LogP contribution in [0, 0.1) is 6.92 Å². The summed E-state index contributed by atoms with van der Waals surface area (Å²) in [6.45, 7) is 2.53. The highest BCUT2D eigenvalue weighted by Crippen LogP contribution is 2.21. The molecule has 0 aliphatic heterocycles. The van der Waals surface area contributed by atoms with Crippen LogP contribution in [0.1, 0.15) is 11.1 Å². The minimum Gasteiger partial charge on any atom is -0.326 e. The van der Waals surface area contributed by atoms with Crippen LogP contribution in [0.25, 0.3) is 11.3 Å². The lowest BCUT2D eigenvalue weighted by atomic mass is 10.1. The average molecular weight is 233 g/mol. The molecule has 0 bridgehead atoms. The molecule has 0 unspecified atom stereocenters. The van der Waals surface area contributed by atoms with Crippen molar-refractivity contribution in [2.45, 2.75) is 13.5 Å². The third-order valence-corrected chi connectivity index (χ3v) is 2.60. The van der Waals surface area contributed by atoms with Gasteiger partial charge in [0.2, 0.25) is 0 Å². The van der Waals surface area contributed by atoms with Crippen LogP contribution in [-0.2, 0) is 6.54 Å². The lowest BCUT2D eigenvalue weighted by molar-refractivity contribution is 1.06. The largest absolute Gasteiger partial charge is 0.326 e. The van der Waals surface area contributed by atoms with Gasteiger partial charge in [0.05, 0.1) is 5.69 Å². The van der Waals surface area contributed by atoms with E-state index in [2.05, 4.69) is 24.0 Å². The molecular weight excluding hydrogens is 220 g/mol. The molecule has 3 heteroatoms. The molecule has 82 valence electrons. The lowest BCUT2D eigenvalue weighted by Gasteiger charge is -2.05. The molecule has 0 saturated heterocycles. The van der Waals surface area contributed by atoms with Crippen LogP contribution in [0.2, 0.25) is 5.15 Å². The zero-order valence-corrected chi connectivity index (χ0v) is 9.83. The van der Waals surface area contributed by atoms with Crippen molar-refractivity contribution in [3.63, 3.8) is 0 Å². The smallest absolute Gasteiger partial charge is 0.130 e. The van der Waals surface area contributed by atoms with Crippen molar-refractivity contribution in [2.24, 2.45) is 5.73 Å². The van der Waals surface area contributed by atoms with Gasteiger partial charge in [0, 0.05) is 12.1 Å². The van der Waals surface area contributed by atoms with Crippen molar-refractivity contribution < 1.29 is 0 Å². The molecule has 0 spiro atoms. The fourth-order valence-electron chi connectivity index (χ4n) is 1.62. The lowest BCUT2D eigenvalue weighted by Crippen LogP contribution is -1.98. The molecular formula is C13H13ClN2. The predicted octanol–water partition coefficient (Wildman–Crippen LogP) is 3.17. The monoisotopic (exact) mass is 232 g/mol. The van der Waals surface area contributed by atoms with Crippen molar-refractivity contribution >= 4 is 11.6 Å². The van der Waals surface area contributed by atoms with Crippen molar-refractivity contribution in [1.82, 2.24) is 4.98 Å². The molecule has 0 amide bonds. The van der Waals surface area contributed by atoms with E-state index in [0.717, 1.165) is 16.8 Å². The second-order valence-corrected chi connectivity index (χ2v) is 4.14. The van der Waals surface area contributed by atoms with Gasteiger partial charge >= 0.3 is 0 Å². The van der Waals surface area contributed by atoms with Gasteiger partial charge in [-0.05, 0) is 30.7 Å². The Morgan fingerprint density at radius 2 is 2.06 bits per heavy atom. The highest BCUT2D eigenvalue weighted by Gasteiger charge is 2.03. The normalized spacial score (nSPS) is 10.4. The minimum atomic E-state index is 0.473. The van der Waals surface area contributed by atoms with Crippen LogP contribution in [0.4, 0.5) is 0 Å². The van der Waals surface area contributed by atoms with Crippen molar-refractivity contribution in [2.75, 3.05) is 0 Å². The van der Waals surface area contributed by atoms with Gasteiger partial charge in [0.25, 0.3) is 0 Å². The van der Waals surface area contributed by atoms with Gasteiger partial charge in [0.15, 0.2) is 0 Å². The maximum Gasteiger partial charge on any atom is 0.130 e. The van der Waals surface area contributed by atoms with E-state index >= 15 is 0 Å². The summed E-state index contributed by atoms with van der Waals surface area (Å²) in [6, 6.07) is 11.9. The molecule has 0 fully saturated rings. The quantitative estimate of drug-likeness (QED) is 0.808. The molecule has 0 radical (unpaired) electrons. The van der Waals surface area contributed by atoms with E-state index in [1.807, 2.05) is 18.2 Å². The van der Waals surface area contributed by atoms with Gasteiger partial charge in [-0.2, -0.15) is 0 Å². The summed E-state index contributed by atoms with van der Waals surface area (Å²) in [5, 5.41) is 0.486. The molecule has 2 rings (SSSR count). The highest BCUT2D eigenvalue weighted by atomic mass is 35.5. The summed E-state index contributed by atoms with van der Waals surface area (Å²) in [7, 11) is 0. The van der Waals surface area contributed by atoms with E-state index in [-0.39, 0.29) is 0 Å². The molecule has 0 aliphatic rings. The first-order valence-corrected chi connectivity index (χ1v) is 5.50. The maximum absolute atomic E-state index is 5.95. The number of hydrogen-bond acceptors (Lipinski definition) is 2. The molecule has 0 atom stereocenters. The number of hydrogen-bond donors (Lipinski definition) is 1. The summed E-state index contributed by atoms with van der Waals surface area (Å²) >= 11 is 5.95. The van der Waals surface area contributed by atoms with Gasteiger partial charge in [-0.25, -0.2) is 4.98 Å². The summed E-state index contributed by atoms with van der Waals surface area (Å²) in [6.07, 6.45) is 0. The average Bonchev–Trinajstić information content (AvgIpc) is 2.28. The topological polar surface area (TPSA) is 38.9 Å². The van der Waals surface area contributed by atoms with Gasteiger partial charge in [-0.1, -0.05) is 35.4 Å². The Labute approximate surface area is 100 Å². The Kier molecular flexibility index (Phi) is 3.22. The first-order chi connectivity index (χ1) is 7.69. The van der Waals surface area contributed by atoms with E-state index < -0.39 is 0 Å². The zero-order chi connectivity index (χ0) is 11.5. The molecule has 1 aromatic heterocycles. The summed E-state index contributed by atoms with van der Waals surface area (Å²) in [5.41, 5.74) is 9.75. The van der Waals surface area contributed by atoms with E-state index in [0.29, 0.717) is 11.7 Å². The van der Waals surface area contributed by atoms with Gasteiger partial charge < -0.3 is 5.73 Å². The number of benzene rings is 1. The third kappa shape index (κ3) is 2.40. The highest BCUT2D eigenvalue weighted by molar-refractivity contribution is 6.29. The Balaban J connectivity index is 2.51. The first-order valence-electron chi connectivity index (χ1n) is 5.12. The molecule has 16 heavy (non-hydrogen) atoms. The van der Waals surface area contributed by atoms with Gasteiger partial charge in [-0.15, -0.1) is 0 Å². The molecule has 2 aromatic rings. The van der Waals surface area contributed by atoms with Crippen molar-refractivity contribution in [3.8, 4) is 11.3 Å². The number of aryl methyl sites for hydroxylation is 1. The fourth-order valence-corrected chi connectivity index (χ4v) is 1.85. The number of pyridine rings is 1. The van der Waals surface area contributed by atoms with Crippen LogP contribution >= 0.6 is 11.6 Å². The fraction of sp³-hybridized carbons (Fsp3) is 0.154. The van der Waals surface area contributed by atoms with Crippen LogP contribution in [0.5, 0.6) is 0 Å². The van der Waals surface area contributed by atoms with Gasteiger partial charge in [-0.3, -0.25) is 0 Å².